The van der Waals surface area contributed by atoms with E-state index in [0.717, 1.165) is 80.5 Å². The molecule has 23 heteroatoms. The number of fused-ring (bicyclic) bond motifs is 2. The minimum absolute atomic E-state index is 0.0162. The van der Waals surface area contributed by atoms with E-state index in [2.05, 4.69) is 42.1 Å². The Morgan fingerprint density at radius 3 is 2.25 bits per heavy atom. The van der Waals surface area contributed by atoms with Crippen LogP contribution in [0.15, 0.2) is 117 Å². The van der Waals surface area contributed by atoms with Gasteiger partial charge in [-0.2, -0.15) is 0 Å². The standard InChI is InChI=1S/C60H77N11O9S3/c1-8-70(9-2)43-20-23-48-53(32-43)80-54-33-44(71(10-3)11-4)21-24-49(54)57(48)50-25-22-47(35-55(50)83(77,78)79)82(75,76)63-28-16-15-19-51(64-56(72)34-46-39-81-60(61)68(46)7)59(74)65-52(58(73)62-36-41-26-29-66(5)30-27-41)31-45-38-69(40-67(45)6)37-42-17-13-12-14-18-42/h12-14,17-18,20-25,32-33,35,38-41,51-52,61,63H,8-11,15-16,19,26-31,34,36-37H2,1-7H3,(H2-2,62,64,65,72,73,74,77,78,79)/p+1/t51-,52-/m0/s1. The summed E-state index contributed by atoms with van der Waals surface area (Å²) in [6.45, 7) is 13.8. The van der Waals surface area contributed by atoms with E-state index >= 15 is 0 Å². The first-order valence-electron chi connectivity index (χ1n) is 28.5. The molecule has 444 valence electrons. The first-order chi connectivity index (χ1) is 39.7. The maximum atomic E-state index is 14.6. The van der Waals surface area contributed by atoms with E-state index in [4.69, 9.17) is 9.83 Å². The normalized spacial score (nSPS) is 14.2. The van der Waals surface area contributed by atoms with Gasteiger partial charge in [0.15, 0.2) is 4.80 Å². The molecule has 0 unspecified atom stereocenters. The van der Waals surface area contributed by atoms with Crippen LogP contribution in [0.3, 0.4) is 0 Å². The van der Waals surface area contributed by atoms with E-state index in [0.29, 0.717) is 46.6 Å². The number of benzene rings is 4. The molecule has 83 heavy (non-hydrogen) atoms. The molecule has 8 rings (SSSR count). The molecular formula is C60H78N11O9S3+. The number of hydrogen-bond donors (Lipinski definition) is 5. The van der Waals surface area contributed by atoms with E-state index in [1.807, 2.05) is 123 Å². The van der Waals surface area contributed by atoms with Gasteiger partial charge in [0.05, 0.1) is 29.3 Å². The predicted octanol–water partition coefficient (Wildman–Crippen LogP) is 4.68. The number of nitrogens with zero attached hydrogens (tertiary/aromatic N) is 6. The van der Waals surface area contributed by atoms with Crippen LogP contribution in [0.5, 0.6) is 0 Å². The number of nitrogens with one attached hydrogen (secondary N) is 5. The SMILES string of the molecule is CCN(CC)c1ccc2c(-c3ccc(S(=O)(=O)NCCCC[C@H](NC(=O)Cc4csc(=N)n4C)C(=O)N[C@@H](Cc4c[n+](Cc5ccccc5)cn4C)C(=O)NCC4CCN(C)CC4)cc3S(=O)(=O)[O-])c3ccc(=[N+](CC)CC)cc-3oc2c1. The number of aryl methyl sites for hydroxylation is 1. The topological polar surface area (TPSA) is 251 Å². The summed E-state index contributed by atoms with van der Waals surface area (Å²) in [7, 11) is -4.10. The average molecular weight is 1190 g/mol. The van der Waals surface area contributed by atoms with Crippen LogP contribution in [0.2, 0.25) is 0 Å². The van der Waals surface area contributed by atoms with Crippen LogP contribution in [0.4, 0.5) is 5.69 Å². The Kier molecular flexibility index (Phi) is 20.6. The number of aromatic nitrogens is 3. The molecule has 2 aromatic heterocycles. The molecular weight excluding hydrogens is 1110 g/mol. The number of unbranched alkanes of at least 4 members (excludes halogenated alkanes) is 1. The lowest BCUT2D eigenvalue weighted by molar-refractivity contribution is -0.688. The van der Waals surface area contributed by atoms with Gasteiger partial charge in [-0.15, -0.1) is 11.3 Å². The van der Waals surface area contributed by atoms with Crippen LogP contribution in [-0.2, 0) is 68.0 Å². The minimum atomic E-state index is -5.30. The second-order valence-electron chi connectivity index (χ2n) is 21.3. The first-order valence-corrected chi connectivity index (χ1v) is 32.2. The summed E-state index contributed by atoms with van der Waals surface area (Å²) in [4.78, 5) is 46.0. The van der Waals surface area contributed by atoms with Crippen molar-refractivity contribution in [3.05, 3.63) is 130 Å². The number of hydrogen-bond acceptors (Lipinski definition) is 13. The zero-order valence-electron chi connectivity index (χ0n) is 48.4. The van der Waals surface area contributed by atoms with E-state index in [1.54, 1.807) is 17.0 Å². The van der Waals surface area contributed by atoms with Crippen molar-refractivity contribution < 1.29 is 44.8 Å². The molecule has 0 radical (unpaired) electrons. The number of rotatable bonds is 26. The van der Waals surface area contributed by atoms with Crippen molar-refractivity contribution in [3.63, 3.8) is 0 Å². The molecule has 1 fully saturated rings. The van der Waals surface area contributed by atoms with Gasteiger partial charge in [-0.1, -0.05) is 36.4 Å². The van der Waals surface area contributed by atoms with E-state index in [1.165, 1.54) is 23.5 Å². The van der Waals surface area contributed by atoms with Crippen molar-refractivity contribution >= 4 is 65.9 Å². The number of amides is 3. The molecule has 2 aliphatic heterocycles. The zero-order chi connectivity index (χ0) is 59.6. The molecule has 0 spiro atoms. The second kappa shape index (κ2) is 27.6. The monoisotopic (exact) mass is 1190 g/mol. The van der Waals surface area contributed by atoms with Gasteiger partial charge >= 0.3 is 0 Å². The number of carbonyl (C=O) groups is 3. The van der Waals surface area contributed by atoms with Crippen molar-refractivity contribution in [2.24, 2.45) is 20.0 Å². The summed E-state index contributed by atoms with van der Waals surface area (Å²) in [5, 5.41) is 20.2. The lowest BCUT2D eigenvalue weighted by atomic mass is 9.93. The third-order valence-electron chi connectivity index (χ3n) is 15.7. The highest BCUT2D eigenvalue weighted by Crippen LogP contribution is 2.43. The Bertz CT molecular complexity index is 3760. The van der Waals surface area contributed by atoms with Gasteiger partial charge < -0.3 is 39.3 Å². The fourth-order valence-corrected chi connectivity index (χ4v) is 13.5. The van der Waals surface area contributed by atoms with Crippen LogP contribution in [0.25, 0.3) is 33.4 Å². The molecule has 1 saturated heterocycles. The molecule has 5 N–H and O–H groups in total. The summed E-state index contributed by atoms with van der Waals surface area (Å²) >= 11 is 1.17. The summed E-state index contributed by atoms with van der Waals surface area (Å²) in [6, 6.07) is 22.5. The Balaban J connectivity index is 1.02. The molecule has 0 bridgehead atoms. The lowest BCUT2D eigenvalue weighted by Crippen LogP contribution is -2.55. The fraction of sp³-hybridized carbons (Fsp3) is 0.433. The van der Waals surface area contributed by atoms with Crippen LogP contribution >= 0.6 is 11.3 Å². The quantitative estimate of drug-likeness (QED) is 0.0216. The van der Waals surface area contributed by atoms with Gasteiger partial charge in [0.1, 0.15) is 65.1 Å². The largest absolute Gasteiger partial charge is 0.744 e. The molecule has 2 atom stereocenters. The van der Waals surface area contributed by atoms with Gasteiger partial charge in [-0.05, 0) is 122 Å². The zero-order valence-corrected chi connectivity index (χ0v) is 50.9. The van der Waals surface area contributed by atoms with Crippen molar-refractivity contribution in [1.29, 1.82) is 5.41 Å². The Hall–Kier alpha value is -7.02. The molecule has 20 nitrogen and oxygen atoms in total. The Morgan fingerprint density at radius 2 is 1.58 bits per heavy atom. The summed E-state index contributed by atoms with van der Waals surface area (Å²) in [5.74, 6) is -0.735. The average Bonchev–Trinajstić information content (AvgIpc) is 3.21. The Morgan fingerprint density at radius 1 is 0.855 bits per heavy atom. The molecule has 3 aliphatic rings. The number of thiazole rings is 1. The number of imidazole rings is 1. The highest BCUT2D eigenvalue weighted by Gasteiger charge is 2.31. The van der Waals surface area contributed by atoms with Gasteiger partial charge in [-0.3, -0.25) is 19.8 Å². The van der Waals surface area contributed by atoms with Gasteiger partial charge in [0, 0.05) is 90.6 Å². The molecule has 4 heterocycles. The third-order valence-corrected chi connectivity index (χ3v) is 19.0. The maximum Gasteiger partial charge on any atom is 0.244 e. The number of piperidine rings is 1. The molecule has 5 aromatic rings. The fourth-order valence-electron chi connectivity index (χ4n) is 10.8. The number of sulfonamides is 1. The van der Waals surface area contributed by atoms with Crippen molar-refractivity contribution in [2.45, 2.75) is 101 Å². The maximum absolute atomic E-state index is 14.6. The Labute approximate surface area is 490 Å². The molecule has 1 aliphatic carbocycles. The van der Waals surface area contributed by atoms with Crippen molar-refractivity contribution in [2.75, 3.05) is 64.3 Å². The summed E-state index contributed by atoms with van der Waals surface area (Å²) < 4.78 is 84.8. The molecule has 3 amide bonds. The van der Waals surface area contributed by atoms with Crippen molar-refractivity contribution in [1.82, 2.24) is 39.3 Å². The van der Waals surface area contributed by atoms with Crippen LogP contribution in [-0.4, -0.2) is 125 Å². The predicted molar refractivity (Wildman–Crippen MR) is 320 cm³/mol. The third kappa shape index (κ3) is 15.4. The number of likely N-dealkylation sites (tertiary alicyclic amines) is 1. The molecule has 3 aromatic carbocycles. The van der Waals surface area contributed by atoms with Gasteiger partial charge in [0.2, 0.25) is 39.4 Å². The minimum Gasteiger partial charge on any atom is -0.744 e. The lowest BCUT2D eigenvalue weighted by Gasteiger charge is -2.29. The van der Waals surface area contributed by atoms with Gasteiger partial charge in [0.25, 0.3) is 0 Å². The van der Waals surface area contributed by atoms with E-state index in [9.17, 15) is 35.8 Å². The smallest absolute Gasteiger partial charge is 0.244 e. The van der Waals surface area contributed by atoms with E-state index in [-0.39, 0.29) is 60.8 Å². The second-order valence-corrected chi connectivity index (χ2v) is 25.3. The van der Waals surface area contributed by atoms with Crippen LogP contribution in [0, 0.1) is 11.3 Å². The first kappa shape index (κ1) is 62.0. The van der Waals surface area contributed by atoms with E-state index < -0.39 is 53.8 Å². The summed E-state index contributed by atoms with van der Waals surface area (Å²) in [5.41, 5.74) is 4.71. The number of carbonyl (C=O) groups excluding carboxylic acids is 3. The highest BCUT2D eigenvalue weighted by molar-refractivity contribution is 7.89. The summed E-state index contributed by atoms with van der Waals surface area (Å²) in [6.07, 6.45) is 6.18. The van der Waals surface area contributed by atoms with Crippen LogP contribution < -0.4 is 44.9 Å². The molecule has 0 saturated carbocycles. The van der Waals surface area contributed by atoms with Crippen molar-refractivity contribution in [3.8, 4) is 22.5 Å². The van der Waals surface area contributed by atoms with Gasteiger partial charge in [-0.25, -0.2) is 35.3 Å². The highest BCUT2D eigenvalue weighted by atomic mass is 32.2. The number of anilines is 1. The van der Waals surface area contributed by atoms with Crippen LogP contribution in [0.1, 0.15) is 76.8 Å².